The lowest BCUT2D eigenvalue weighted by molar-refractivity contribution is -0.152. The molecule has 0 spiro atoms. The predicted molar refractivity (Wildman–Crippen MR) is 133 cm³/mol. The van der Waals surface area contributed by atoms with E-state index in [0.717, 1.165) is 10.0 Å². The molecule has 0 saturated heterocycles. The van der Waals surface area contributed by atoms with E-state index in [9.17, 15) is 19.0 Å². The van der Waals surface area contributed by atoms with Crippen molar-refractivity contribution in [3.8, 4) is 11.5 Å². The molecule has 1 aliphatic heterocycles. The first-order valence-electron chi connectivity index (χ1n) is 11.6. The first-order chi connectivity index (χ1) is 17.2. The van der Waals surface area contributed by atoms with E-state index >= 15 is 0 Å². The van der Waals surface area contributed by atoms with Crippen LogP contribution in [-0.4, -0.2) is 59.9 Å². The minimum Gasteiger partial charge on any atom is -0.495 e. The van der Waals surface area contributed by atoms with Gasteiger partial charge in [0.1, 0.15) is 11.5 Å². The number of hydrogen-bond acceptors (Lipinski definition) is 6. The van der Waals surface area contributed by atoms with E-state index in [1.54, 1.807) is 7.05 Å². The maximum atomic E-state index is 13.3. The van der Waals surface area contributed by atoms with Gasteiger partial charge in [-0.05, 0) is 30.3 Å². The smallest absolute Gasteiger partial charge is 0.251 e. The van der Waals surface area contributed by atoms with Gasteiger partial charge < -0.3 is 24.6 Å². The highest BCUT2D eigenvalue weighted by Gasteiger charge is 2.76. The minimum atomic E-state index is -2.53. The number of alkyl halides is 2. The van der Waals surface area contributed by atoms with Crippen LogP contribution in [-0.2, 0) is 11.2 Å². The molecule has 36 heavy (non-hydrogen) atoms. The fourth-order valence-corrected chi connectivity index (χ4v) is 6.37. The second-order valence-corrected chi connectivity index (χ2v) is 10.4. The summed E-state index contributed by atoms with van der Waals surface area (Å²) in [7, 11) is 3.05. The number of aliphatic hydroxyl groups is 2. The van der Waals surface area contributed by atoms with Crippen LogP contribution in [0.2, 0.25) is 0 Å². The molecule has 5 rings (SSSR count). The molecular formula is C27H27BrF2N2O4. The summed E-state index contributed by atoms with van der Waals surface area (Å²) in [4.78, 5) is 5.69. The standard InChI is InChI=1S/C27H27BrF2N2O4/c1-32(15-22(29)30)14-19-23(16-6-4-3-5-7-16)27(17-8-10-18(28)11-9-17)26(34,25(19)33)24-20(35-2)12-31-13-21(24)36-27/h3-13,19,22-23,25,33-34H,14-15H2,1-2H3. The molecule has 1 aliphatic carbocycles. The number of aromatic nitrogens is 1. The molecule has 2 N–H and O–H groups in total. The van der Waals surface area contributed by atoms with Crippen LogP contribution in [0.1, 0.15) is 22.6 Å². The number of aliphatic hydroxyl groups excluding tert-OH is 1. The van der Waals surface area contributed by atoms with Gasteiger partial charge in [-0.25, -0.2) is 8.78 Å². The number of fused-ring (bicyclic) bond motifs is 3. The Morgan fingerprint density at radius 1 is 1.14 bits per heavy atom. The average molecular weight is 561 g/mol. The molecule has 2 aliphatic rings. The molecule has 0 radical (unpaired) electrons. The predicted octanol–water partition coefficient (Wildman–Crippen LogP) is 4.30. The van der Waals surface area contributed by atoms with E-state index in [0.29, 0.717) is 16.9 Å². The summed E-state index contributed by atoms with van der Waals surface area (Å²) < 4.78 is 39.6. The fourth-order valence-electron chi connectivity index (χ4n) is 6.10. The Labute approximate surface area is 216 Å². The van der Waals surface area contributed by atoms with Crippen LogP contribution >= 0.6 is 15.9 Å². The van der Waals surface area contributed by atoms with Crippen LogP contribution in [0.3, 0.4) is 0 Å². The Balaban J connectivity index is 1.79. The highest BCUT2D eigenvalue weighted by atomic mass is 79.9. The van der Waals surface area contributed by atoms with Crippen LogP contribution in [0.15, 0.2) is 71.5 Å². The minimum absolute atomic E-state index is 0.109. The van der Waals surface area contributed by atoms with Gasteiger partial charge in [0.15, 0.2) is 11.2 Å². The summed E-state index contributed by atoms with van der Waals surface area (Å²) in [5.74, 6) is -0.673. The number of pyridine rings is 1. The van der Waals surface area contributed by atoms with Gasteiger partial charge in [-0.15, -0.1) is 0 Å². The Hall–Kier alpha value is -2.59. The summed E-state index contributed by atoms with van der Waals surface area (Å²) in [5, 5.41) is 24.6. The number of hydrogen-bond donors (Lipinski definition) is 2. The van der Waals surface area contributed by atoms with E-state index in [1.807, 2.05) is 54.6 Å². The third-order valence-electron chi connectivity index (χ3n) is 7.42. The number of halogens is 3. The molecule has 1 saturated carbocycles. The molecule has 1 fully saturated rings. The summed E-state index contributed by atoms with van der Waals surface area (Å²) >= 11 is 3.47. The second kappa shape index (κ2) is 9.37. The highest BCUT2D eigenvalue weighted by Crippen LogP contribution is 2.69. The summed E-state index contributed by atoms with van der Waals surface area (Å²) in [5.41, 5.74) is -1.69. The zero-order valence-corrected chi connectivity index (χ0v) is 21.4. The van der Waals surface area contributed by atoms with Gasteiger partial charge in [0.25, 0.3) is 6.43 Å². The molecule has 5 atom stereocenters. The maximum absolute atomic E-state index is 13.3. The highest BCUT2D eigenvalue weighted by molar-refractivity contribution is 9.10. The van der Waals surface area contributed by atoms with Crippen LogP contribution in [0.25, 0.3) is 0 Å². The Morgan fingerprint density at radius 2 is 1.83 bits per heavy atom. The lowest BCUT2D eigenvalue weighted by atomic mass is 9.70. The van der Waals surface area contributed by atoms with Crippen molar-refractivity contribution in [3.63, 3.8) is 0 Å². The topological polar surface area (TPSA) is 75.0 Å². The summed E-state index contributed by atoms with van der Waals surface area (Å²) in [6, 6.07) is 16.8. The molecule has 2 aromatic carbocycles. The number of ether oxygens (including phenoxy) is 2. The molecule has 6 nitrogen and oxygen atoms in total. The lowest BCUT2D eigenvalue weighted by Gasteiger charge is -2.41. The third kappa shape index (κ3) is 3.63. The van der Waals surface area contributed by atoms with Gasteiger partial charge in [0.05, 0.1) is 37.7 Å². The largest absolute Gasteiger partial charge is 0.495 e. The number of methoxy groups -OCH3 is 1. The van der Waals surface area contributed by atoms with E-state index in [4.69, 9.17) is 9.47 Å². The van der Waals surface area contributed by atoms with E-state index in [1.165, 1.54) is 24.4 Å². The van der Waals surface area contributed by atoms with Gasteiger partial charge in [-0.1, -0.05) is 58.4 Å². The Bertz CT molecular complexity index is 1230. The third-order valence-corrected chi connectivity index (χ3v) is 7.95. The van der Waals surface area contributed by atoms with Crippen molar-refractivity contribution >= 4 is 15.9 Å². The van der Waals surface area contributed by atoms with E-state index < -0.39 is 42.1 Å². The van der Waals surface area contributed by atoms with Gasteiger partial charge in [0, 0.05) is 22.9 Å². The van der Waals surface area contributed by atoms with E-state index in [-0.39, 0.29) is 12.3 Å². The fraction of sp³-hybridized carbons (Fsp3) is 0.370. The summed E-state index contributed by atoms with van der Waals surface area (Å²) in [6.07, 6.45) is -0.932. The zero-order valence-electron chi connectivity index (χ0n) is 19.8. The monoisotopic (exact) mass is 560 g/mol. The van der Waals surface area contributed by atoms with Crippen LogP contribution in [0, 0.1) is 5.92 Å². The molecule has 0 amide bonds. The van der Waals surface area contributed by atoms with Gasteiger partial charge in [-0.2, -0.15) is 0 Å². The first kappa shape index (κ1) is 25.1. The zero-order chi connectivity index (χ0) is 25.7. The van der Waals surface area contributed by atoms with Crippen molar-refractivity contribution in [2.45, 2.75) is 29.6 Å². The van der Waals surface area contributed by atoms with Crippen LogP contribution in [0.5, 0.6) is 11.5 Å². The molecule has 1 aromatic heterocycles. The Morgan fingerprint density at radius 3 is 2.47 bits per heavy atom. The summed E-state index contributed by atoms with van der Waals surface area (Å²) in [6.45, 7) is -0.350. The molecule has 9 heteroatoms. The number of nitrogens with zero attached hydrogens (tertiary/aromatic N) is 2. The van der Waals surface area contributed by atoms with Gasteiger partial charge in [-0.3, -0.25) is 4.98 Å². The van der Waals surface area contributed by atoms with Crippen molar-refractivity contribution in [2.75, 3.05) is 27.2 Å². The van der Waals surface area contributed by atoms with Crippen molar-refractivity contribution in [2.24, 2.45) is 5.92 Å². The van der Waals surface area contributed by atoms with Crippen molar-refractivity contribution in [1.29, 1.82) is 0 Å². The van der Waals surface area contributed by atoms with E-state index in [2.05, 4.69) is 20.9 Å². The quantitative estimate of drug-likeness (QED) is 0.449. The molecule has 0 bridgehead atoms. The molecule has 3 aromatic rings. The normalized spacial score (nSPS) is 28.8. The maximum Gasteiger partial charge on any atom is 0.251 e. The van der Waals surface area contributed by atoms with Crippen molar-refractivity contribution in [1.82, 2.24) is 9.88 Å². The number of benzene rings is 2. The molecule has 2 heterocycles. The first-order valence-corrected chi connectivity index (χ1v) is 12.4. The molecule has 190 valence electrons. The van der Waals surface area contributed by atoms with Crippen molar-refractivity contribution in [3.05, 3.63) is 88.2 Å². The number of rotatable bonds is 7. The lowest BCUT2D eigenvalue weighted by Crippen LogP contribution is -2.52. The van der Waals surface area contributed by atoms with Crippen molar-refractivity contribution < 1.29 is 28.5 Å². The van der Waals surface area contributed by atoms with Crippen LogP contribution in [0.4, 0.5) is 8.78 Å². The SMILES string of the molecule is COc1cncc2c1C1(O)C(O)C(CN(C)CC(F)F)C(c3ccccc3)C1(c1ccc(Br)cc1)O2. The van der Waals surface area contributed by atoms with Gasteiger partial charge >= 0.3 is 0 Å². The second-order valence-electron chi connectivity index (χ2n) is 9.44. The molecule has 5 unspecified atom stereocenters. The average Bonchev–Trinajstić information content (AvgIpc) is 3.23. The van der Waals surface area contributed by atoms with Crippen LogP contribution < -0.4 is 9.47 Å². The Kier molecular flexibility index (Phi) is 6.53. The van der Waals surface area contributed by atoms with Gasteiger partial charge in [0.2, 0.25) is 0 Å². The molecular weight excluding hydrogens is 534 g/mol.